The highest BCUT2D eigenvalue weighted by molar-refractivity contribution is 4.54. The molecule has 92 valence electrons. The Hall–Kier alpha value is 0. The molecule has 0 heterocycles. The third kappa shape index (κ3) is 11.9. The second-order valence-corrected chi connectivity index (χ2v) is 5.63. The van der Waals surface area contributed by atoms with E-state index in [1.54, 1.807) is 0 Å². The van der Waals surface area contributed by atoms with Crippen LogP contribution in [0.25, 0.3) is 0 Å². The van der Waals surface area contributed by atoms with Crippen LogP contribution in [0.1, 0.15) is 85.5 Å². The van der Waals surface area contributed by atoms with Crippen LogP contribution in [0.4, 0.5) is 0 Å². The lowest BCUT2D eigenvalue weighted by atomic mass is 9.96. The Morgan fingerprint density at radius 1 is 0.667 bits per heavy atom. The quantitative estimate of drug-likeness (QED) is 0.401. The van der Waals surface area contributed by atoms with E-state index >= 15 is 0 Å². The summed E-state index contributed by atoms with van der Waals surface area (Å²) in [5.41, 5.74) is 0. The highest BCUT2D eigenvalue weighted by atomic mass is 14.1. The Morgan fingerprint density at radius 3 is 1.73 bits per heavy atom. The van der Waals surface area contributed by atoms with Crippen molar-refractivity contribution in [2.75, 3.05) is 0 Å². The van der Waals surface area contributed by atoms with E-state index in [0.717, 1.165) is 11.8 Å². The van der Waals surface area contributed by atoms with Crippen LogP contribution >= 0.6 is 0 Å². The zero-order valence-electron chi connectivity index (χ0n) is 11.5. The molecular weight excluding hydrogens is 180 g/mol. The van der Waals surface area contributed by atoms with E-state index in [1.807, 2.05) is 0 Å². The summed E-state index contributed by atoms with van der Waals surface area (Å²) in [6.45, 7) is 9.36. The van der Waals surface area contributed by atoms with Gasteiger partial charge in [0.15, 0.2) is 0 Å². The van der Waals surface area contributed by atoms with Gasteiger partial charge >= 0.3 is 0 Å². The van der Waals surface area contributed by atoms with Gasteiger partial charge < -0.3 is 0 Å². The van der Waals surface area contributed by atoms with Crippen LogP contribution in [-0.2, 0) is 0 Å². The van der Waals surface area contributed by atoms with Crippen LogP contribution in [0.3, 0.4) is 0 Å². The Bertz CT molecular complexity index is 115. The topological polar surface area (TPSA) is 0 Å². The second-order valence-electron chi connectivity index (χ2n) is 5.63. The fourth-order valence-corrected chi connectivity index (χ4v) is 2.10. The summed E-state index contributed by atoms with van der Waals surface area (Å²) in [6, 6.07) is 0. The molecule has 0 saturated heterocycles. The van der Waals surface area contributed by atoms with E-state index in [4.69, 9.17) is 0 Å². The predicted molar refractivity (Wildman–Crippen MR) is 71.2 cm³/mol. The lowest BCUT2D eigenvalue weighted by Crippen LogP contribution is -1.94. The van der Waals surface area contributed by atoms with Gasteiger partial charge in [0.05, 0.1) is 0 Å². The maximum atomic E-state index is 2.42. The summed E-state index contributed by atoms with van der Waals surface area (Å²) in [5.74, 6) is 1.86. The highest BCUT2D eigenvalue weighted by Crippen LogP contribution is 2.17. The van der Waals surface area contributed by atoms with Crippen molar-refractivity contribution < 1.29 is 0 Å². The lowest BCUT2D eigenvalue weighted by molar-refractivity contribution is 0.436. The molecule has 0 radical (unpaired) electrons. The first-order valence-corrected chi connectivity index (χ1v) is 7.16. The van der Waals surface area contributed by atoms with Crippen molar-refractivity contribution in [3.05, 3.63) is 0 Å². The molecule has 0 amide bonds. The fraction of sp³-hybridized carbons (Fsp3) is 1.00. The standard InChI is InChI=1S/C15H32/c1-5-6-12-15(4)13-10-8-7-9-11-14(2)3/h14-15H,5-13H2,1-4H3. The van der Waals surface area contributed by atoms with Crippen LogP contribution in [0.15, 0.2) is 0 Å². The van der Waals surface area contributed by atoms with Crippen molar-refractivity contribution >= 4 is 0 Å². The van der Waals surface area contributed by atoms with Crippen molar-refractivity contribution in [2.45, 2.75) is 85.5 Å². The van der Waals surface area contributed by atoms with E-state index in [0.29, 0.717) is 0 Å². The minimum absolute atomic E-state index is 0.897. The number of hydrogen-bond acceptors (Lipinski definition) is 0. The van der Waals surface area contributed by atoms with Gasteiger partial charge in [-0.1, -0.05) is 85.5 Å². The second kappa shape index (κ2) is 10.5. The summed E-state index contributed by atoms with van der Waals surface area (Å²) in [5, 5.41) is 0. The van der Waals surface area contributed by atoms with Crippen molar-refractivity contribution in [3.63, 3.8) is 0 Å². The number of hydrogen-bond donors (Lipinski definition) is 0. The molecule has 0 aliphatic heterocycles. The fourth-order valence-electron chi connectivity index (χ4n) is 2.10. The lowest BCUT2D eigenvalue weighted by Gasteiger charge is -2.10. The van der Waals surface area contributed by atoms with Gasteiger partial charge in [0.25, 0.3) is 0 Å². The van der Waals surface area contributed by atoms with Gasteiger partial charge in [-0.25, -0.2) is 0 Å². The first kappa shape index (κ1) is 15.0. The minimum Gasteiger partial charge on any atom is -0.0654 e. The Morgan fingerprint density at radius 2 is 1.20 bits per heavy atom. The number of unbranched alkanes of at least 4 members (excludes halogenated alkanes) is 4. The third-order valence-electron chi connectivity index (χ3n) is 3.28. The summed E-state index contributed by atoms with van der Waals surface area (Å²) in [6.07, 6.45) is 12.9. The zero-order chi connectivity index (χ0) is 11.5. The molecule has 0 aliphatic rings. The molecule has 1 atom stereocenters. The molecule has 0 aromatic rings. The van der Waals surface area contributed by atoms with Crippen LogP contribution < -0.4 is 0 Å². The molecule has 15 heavy (non-hydrogen) atoms. The van der Waals surface area contributed by atoms with Crippen LogP contribution in [0, 0.1) is 11.8 Å². The molecule has 0 aromatic heterocycles. The van der Waals surface area contributed by atoms with Gasteiger partial charge in [0.2, 0.25) is 0 Å². The Labute approximate surface area is 97.8 Å². The third-order valence-corrected chi connectivity index (χ3v) is 3.28. The van der Waals surface area contributed by atoms with E-state index in [-0.39, 0.29) is 0 Å². The first-order valence-electron chi connectivity index (χ1n) is 7.16. The molecule has 0 rings (SSSR count). The monoisotopic (exact) mass is 212 g/mol. The maximum absolute atomic E-state index is 2.42. The SMILES string of the molecule is CCCCC(C)CCCCCCC(C)C. The molecule has 1 unspecified atom stereocenters. The van der Waals surface area contributed by atoms with Gasteiger partial charge in [0.1, 0.15) is 0 Å². The van der Waals surface area contributed by atoms with Gasteiger partial charge in [-0.15, -0.1) is 0 Å². The Balaban J connectivity index is 3.09. The number of rotatable bonds is 10. The normalized spacial score (nSPS) is 13.4. The van der Waals surface area contributed by atoms with E-state index in [1.165, 1.54) is 57.8 Å². The smallest absolute Gasteiger partial charge is 0.0443 e. The van der Waals surface area contributed by atoms with E-state index in [9.17, 15) is 0 Å². The minimum atomic E-state index is 0.897. The van der Waals surface area contributed by atoms with Crippen LogP contribution in [0.2, 0.25) is 0 Å². The molecule has 0 bridgehead atoms. The predicted octanol–water partition coefficient (Wildman–Crippen LogP) is 5.81. The molecule has 0 fully saturated rings. The molecule has 0 heteroatoms. The van der Waals surface area contributed by atoms with Crippen molar-refractivity contribution in [3.8, 4) is 0 Å². The first-order chi connectivity index (χ1) is 7.16. The largest absolute Gasteiger partial charge is 0.0654 e. The van der Waals surface area contributed by atoms with Crippen molar-refractivity contribution in [2.24, 2.45) is 11.8 Å². The highest BCUT2D eigenvalue weighted by Gasteiger charge is 2.01. The van der Waals surface area contributed by atoms with E-state index in [2.05, 4.69) is 27.7 Å². The molecule has 0 nitrogen and oxygen atoms in total. The van der Waals surface area contributed by atoms with Gasteiger partial charge in [-0.05, 0) is 11.8 Å². The Kier molecular flexibility index (Phi) is 10.5. The zero-order valence-corrected chi connectivity index (χ0v) is 11.5. The van der Waals surface area contributed by atoms with Gasteiger partial charge in [-0.3, -0.25) is 0 Å². The molecule has 0 N–H and O–H groups in total. The van der Waals surface area contributed by atoms with Crippen LogP contribution in [-0.4, -0.2) is 0 Å². The summed E-state index contributed by atoms with van der Waals surface area (Å²) < 4.78 is 0. The van der Waals surface area contributed by atoms with Gasteiger partial charge in [-0.2, -0.15) is 0 Å². The summed E-state index contributed by atoms with van der Waals surface area (Å²) >= 11 is 0. The summed E-state index contributed by atoms with van der Waals surface area (Å²) in [7, 11) is 0. The average molecular weight is 212 g/mol. The maximum Gasteiger partial charge on any atom is -0.0443 e. The van der Waals surface area contributed by atoms with Crippen molar-refractivity contribution in [1.29, 1.82) is 0 Å². The molecule has 0 aromatic carbocycles. The molecule has 0 aliphatic carbocycles. The molecule has 0 saturated carbocycles. The molecular formula is C15H32. The van der Waals surface area contributed by atoms with Crippen molar-refractivity contribution in [1.82, 2.24) is 0 Å². The molecule has 0 spiro atoms. The summed E-state index contributed by atoms with van der Waals surface area (Å²) in [4.78, 5) is 0. The van der Waals surface area contributed by atoms with Crippen LogP contribution in [0.5, 0.6) is 0 Å². The van der Waals surface area contributed by atoms with Gasteiger partial charge in [0, 0.05) is 0 Å². The average Bonchev–Trinajstić information content (AvgIpc) is 2.19. The van der Waals surface area contributed by atoms with E-state index < -0.39 is 0 Å².